The van der Waals surface area contributed by atoms with Crippen molar-refractivity contribution in [1.82, 2.24) is 19.9 Å². The van der Waals surface area contributed by atoms with Gasteiger partial charge in [0.1, 0.15) is 23.0 Å². The summed E-state index contributed by atoms with van der Waals surface area (Å²) in [7, 11) is 0. The lowest BCUT2D eigenvalue weighted by Crippen LogP contribution is -1.95. The summed E-state index contributed by atoms with van der Waals surface area (Å²) in [5.74, 6) is 3.21. The maximum absolute atomic E-state index is 6.31. The zero-order chi connectivity index (χ0) is 31.3. The molecule has 222 valence electrons. The average molecular weight is 615 g/mol. The Morgan fingerprint density at radius 2 is 0.708 bits per heavy atom. The molecule has 11 rings (SSSR count). The van der Waals surface area contributed by atoms with Gasteiger partial charge < -0.3 is 9.47 Å². The van der Waals surface area contributed by atoms with E-state index in [2.05, 4.69) is 48.5 Å². The standard InChI is InChI=1S/C42H22N4O2/c1-3-9-23(10-4-1)47-35-19-17-29-37-25(35)13-7-15-27(37)39-41(29)45-33-22-32-34(21-31(33)43-39)46-42-30-18-20-36(48-24-11-5-2-6-12-24)26-14-8-16-28(38(26)30)40(42)44-32/h1-22H. The van der Waals surface area contributed by atoms with Crippen LogP contribution in [0, 0.1) is 0 Å². The molecule has 2 aromatic heterocycles. The first-order valence-electron chi connectivity index (χ1n) is 15.9. The second-order valence-electron chi connectivity index (χ2n) is 12.2. The van der Waals surface area contributed by atoms with Gasteiger partial charge in [0.05, 0.1) is 44.8 Å². The summed E-state index contributed by atoms with van der Waals surface area (Å²) in [5.41, 5.74) is 10.9. The first-order valence-corrected chi connectivity index (χ1v) is 15.9. The van der Waals surface area contributed by atoms with E-state index in [1.54, 1.807) is 0 Å². The van der Waals surface area contributed by atoms with Gasteiger partial charge in [-0.05, 0) is 60.7 Å². The Morgan fingerprint density at radius 1 is 0.333 bits per heavy atom. The van der Waals surface area contributed by atoms with Crippen molar-refractivity contribution in [3.63, 3.8) is 0 Å². The van der Waals surface area contributed by atoms with Crippen LogP contribution in [0.3, 0.4) is 0 Å². The fourth-order valence-electron chi connectivity index (χ4n) is 7.32. The molecule has 9 aromatic rings. The van der Waals surface area contributed by atoms with Crippen molar-refractivity contribution in [3.8, 4) is 68.0 Å². The minimum atomic E-state index is 0.785. The van der Waals surface area contributed by atoms with Gasteiger partial charge in [0, 0.05) is 43.8 Å². The van der Waals surface area contributed by atoms with E-state index >= 15 is 0 Å². The number of benzene rings is 7. The number of ether oxygens (including phenoxy) is 2. The van der Waals surface area contributed by atoms with Gasteiger partial charge >= 0.3 is 0 Å². The Morgan fingerprint density at radius 3 is 1.10 bits per heavy atom. The molecule has 2 heterocycles. The van der Waals surface area contributed by atoms with E-state index in [-0.39, 0.29) is 0 Å². The molecule has 6 nitrogen and oxygen atoms in total. The van der Waals surface area contributed by atoms with Crippen LogP contribution in [0.1, 0.15) is 0 Å². The number of hydrogen-bond donors (Lipinski definition) is 0. The molecule has 2 aliphatic rings. The molecule has 6 heteroatoms. The fraction of sp³-hybridized carbons (Fsp3) is 0. The minimum absolute atomic E-state index is 0.785. The summed E-state index contributed by atoms with van der Waals surface area (Å²) in [4.78, 5) is 20.8. The number of hydrogen-bond acceptors (Lipinski definition) is 6. The number of aromatic nitrogens is 4. The highest BCUT2D eigenvalue weighted by Crippen LogP contribution is 2.50. The predicted octanol–water partition coefficient (Wildman–Crippen LogP) is 10.8. The molecule has 0 fully saturated rings. The lowest BCUT2D eigenvalue weighted by molar-refractivity contribution is 0.488. The van der Waals surface area contributed by atoms with Crippen molar-refractivity contribution < 1.29 is 9.47 Å². The number of rotatable bonds is 4. The Bertz CT molecular complexity index is 2560. The highest BCUT2D eigenvalue weighted by Gasteiger charge is 2.29. The quantitative estimate of drug-likeness (QED) is 0.184. The number of fused-ring (bicyclic) bond motifs is 8. The van der Waals surface area contributed by atoms with Crippen LogP contribution < -0.4 is 9.47 Å². The molecule has 7 aromatic carbocycles. The Balaban J connectivity index is 1.05. The molecule has 0 aliphatic heterocycles. The third-order valence-corrected chi connectivity index (χ3v) is 9.41. The molecule has 0 bridgehead atoms. The van der Waals surface area contributed by atoms with Gasteiger partial charge in [0.25, 0.3) is 0 Å². The van der Waals surface area contributed by atoms with E-state index in [1.165, 1.54) is 0 Å². The van der Waals surface area contributed by atoms with Crippen LogP contribution in [0.25, 0.3) is 88.6 Å². The summed E-state index contributed by atoms with van der Waals surface area (Å²) < 4.78 is 12.6. The monoisotopic (exact) mass is 614 g/mol. The van der Waals surface area contributed by atoms with Gasteiger partial charge in [0.15, 0.2) is 0 Å². The Labute approximate surface area is 273 Å². The van der Waals surface area contributed by atoms with Crippen molar-refractivity contribution in [1.29, 1.82) is 0 Å². The van der Waals surface area contributed by atoms with Crippen LogP contribution in [0.15, 0.2) is 133 Å². The van der Waals surface area contributed by atoms with E-state index in [0.717, 1.165) is 112 Å². The van der Waals surface area contributed by atoms with Crippen molar-refractivity contribution in [2.45, 2.75) is 0 Å². The van der Waals surface area contributed by atoms with E-state index in [0.29, 0.717) is 0 Å². The Hall–Kier alpha value is -6.66. The SMILES string of the molecule is c1ccc(Oc2ccc3c4c(cccc24)-c2nc4cc5nc6c(nc5cc4nc2-3)-c2cccc3c(Oc4ccccc4)ccc-6c23)cc1. The molecule has 48 heavy (non-hydrogen) atoms. The molecule has 0 radical (unpaired) electrons. The van der Waals surface area contributed by atoms with Crippen LogP contribution in [0.4, 0.5) is 0 Å². The van der Waals surface area contributed by atoms with Gasteiger partial charge in [-0.3, -0.25) is 0 Å². The predicted molar refractivity (Wildman–Crippen MR) is 190 cm³/mol. The zero-order valence-corrected chi connectivity index (χ0v) is 25.3. The molecular weight excluding hydrogens is 592 g/mol. The van der Waals surface area contributed by atoms with Crippen LogP contribution in [-0.2, 0) is 0 Å². The van der Waals surface area contributed by atoms with E-state index < -0.39 is 0 Å². The molecule has 0 amide bonds. The zero-order valence-electron chi connectivity index (χ0n) is 25.3. The molecule has 0 saturated heterocycles. The maximum Gasteiger partial charge on any atom is 0.135 e. The van der Waals surface area contributed by atoms with Gasteiger partial charge in [-0.2, -0.15) is 0 Å². The highest BCUT2D eigenvalue weighted by molar-refractivity contribution is 6.17. The minimum Gasteiger partial charge on any atom is -0.457 e. The first kappa shape index (κ1) is 25.5. The molecule has 0 saturated carbocycles. The normalized spacial score (nSPS) is 12.2. The van der Waals surface area contributed by atoms with E-state index in [9.17, 15) is 0 Å². The molecule has 0 N–H and O–H groups in total. The van der Waals surface area contributed by atoms with E-state index in [1.807, 2.05) is 84.9 Å². The largest absolute Gasteiger partial charge is 0.457 e. The summed E-state index contributed by atoms with van der Waals surface area (Å²) in [6, 6.07) is 44.6. The second kappa shape index (κ2) is 9.44. The topological polar surface area (TPSA) is 70.0 Å². The molecular formula is C42H22N4O2. The average Bonchev–Trinajstić information content (AvgIpc) is 3.61. The molecule has 0 unspecified atom stereocenters. The lowest BCUT2D eigenvalue weighted by atomic mass is 10.0. The smallest absolute Gasteiger partial charge is 0.135 e. The third kappa shape index (κ3) is 3.57. The summed E-state index contributed by atoms with van der Waals surface area (Å²) in [6.45, 7) is 0. The second-order valence-corrected chi connectivity index (χ2v) is 12.2. The number of nitrogens with zero attached hydrogens (tertiary/aromatic N) is 4. The van der Waals surface area contributed by atoms with Crippen molar-refractivity contribution in [2.24, 2.45) is 0 Å². The van der Waals surface area contributed by atoms with Crippen molar-refractivity contribution in [2.75, 3.05) is 0 Å². The molecule has 2 aliphatic carbocycles. The molecule has 0 atom stereocenters. The summed E-state index contributed by atoms with van der Waals surface area (Å²) >= 11 is 0. The van der Waals surface area contributed by atoms with Crippen molar-refractivity contribution >= 4 is 43.6 Å². The summed E-state index contributed by atoms with van der Waals surface area (Å²) in [5, 5.41) is 4.29. The summed E-state index contributed by atoms with van der Waals surface area (Å²) in [6.07, 6.45) is 0. The fourth-order valence-corrected chi connectivity index (χ4v) is 7.32. The first-order chi connectivity index (χ1) is 23.8. The van der Waals surface area contributed by atoms with Crippen molar-refractivity contribution in [3.05, 3.63) is 133 Å². The van der Waals surface area contributed by atoms with Gasteiger partial charge in [-0.25, -0.2) is 19.9 Å². The van der Waals surface area contributed by atoms with Gasteiger partial charge in [-0.1, -0.05) is 72.8 Å². The third-order valence-electron chi connectivity index (χ3n) is 9.41. The van der Waals surface area contributed by atoms with Crippen LogP contribution >= 0.6 is 0 Å². The Kier molecular flexibility index (Phi) is 5.02. The van der Waals surface area contributed by atoms with Crippen LogP contribution in [0.2, 0.25) is 0 Å². The van der Waals surface area contributed by atoms with Gasteiger partial charge in [0.2, 0.25) is 0 Å². The maximum atomic E-state index is 6.31. The molecule has 0 spiro atoms. The highest BCUT2D eigenvalue weighted by atomic mass is 16.5. The van der Waals surface area contributed by atoms with E-state index in [4.69, 9.17) is 29.4 Å². The van der Waals surface area contributed by atoms with Gasteiger partial charge in [-0.15, -0.1) is 0 Å². The van der Waals surface area contributed by atoms with Crippen LogP contribution in [-0.4, -0.2) is 19.9 Å². The lowest BCUT2D eigenvalue weighted by Gasteiger charge is -2.10. The van der Waals surface area contributed by atoms with Crippen LogP contribution in [0.5, 0.6) is 23.0 Å². The number of para-hydroxylation sites is 2.